The van der Waals surface area contributed by atoms with E-state index in [9.17, 15) is 19.5 Å². The summed E-state index contributed by atoms with van der Waals surface area (Å²) >= 11 is 0. The molecule has 238 valence electrons. The van der Waals surface area contributed by atoms with Gasteiger partial charge in [0.25, 0.3) is 5.91 Å². The Labute approximate surface area is 262 Å². The Morgan fingerprint density at radius 2 is 1.50 bits per heavy atom. The van der Waals surface area contributed by atoms with E-state index in [2.05, 4.69) is 17.6 Å². The van der Waals surface area contributed by atoms with Crippen LogP contribution in [0.15, 0.2) is 60.7 Å². The van der Waals surface area contributed by atoms with Crippen molar-refractivity contribution < 1.29 is 24.2 Å². The maximum absolute atomic E-state index is 14.2. The van der Waals surface area contributed by atoms with Crippen LogP contribution in [0.1, 0.15) is 89.0 Å². The molecular formula is C36H49N3O5. The molecular weight excluding hydrogens is 554 g/mol. The van der Waals surface area contributed by atoms with Crippen LogP contribution in [0.4, 0.5) is 10.5 Å². The Morgan fingerprint density at radius 1 is 0.864 bits per heavy atom. The summed E-state index contributed by atoms with van der Waals surface area (Å²) in [4.78, 5) is 42.5. The van der Waals surface area contributed by atoms with Gasteiger partial charge in [0.15, 0.2) is 0 Å². The molecule has 0 radical (unpaired) electrons. The summed E-state index contributed by atoms with van der Waals surface area (Å²) in [5.41, 5.74) is 2.41. The van der Waals surface area contributed by atoms with Gasteiger partial charge in [-0.3, -0.25) is 9.59 Å². The first-order valence-corrected chi connectivity index (χ1v) is 15.7. The van der Waals surface area contributed by atoms with Crippen molar-refractivity contribution in [2.45, 2.75) is 97.8 Å². The van der Waals surface area contributed by atoms with Crippen LogP contribution in [0.25, 0.3) is 10.8 Å². The van der Waals surface area contributed by atoms with Gasteiger partial charge in [-0.25, -0.2) is 4.79 Å². The molecule has 8 heteroatoms. The Balaban J connectivity index is 2.00. The molecule has 0 fully saturated rings. The molecule has 0 aliphatic heterocycles. The number of aliphatic hydroxyl groups is 1. The number of carbonyl (C=O) groups excluding carboxylic acids is 3. The molecule has 2 unspecified atom stereocenters. The molecule has 3 rings (SSSR count). The Kier molecular flexibility index (Phi) is 12.8. The maximum atomic E-state index is 14.2. The number of nitrogens with one attached hydrogen (secondary N) is 2. The number of ether oxygens (including phenoxy) is 1. The van der Waals surface area contributed by atoms with Gasteiger partial charge in [-0.05, 0) is 69.5 Å². The number of amides is 3. The van der Waals surface area contributed by atoms with Crippen molar-refractivity contribution in [1.29, 1.82) is 0 Å². The average molecular weight is 604 g/mol. The molecule has 3 amide bonds. The summed E-state index contributed by atoms with van der Waals surface area (Å²) in [6, 6.07) is 17.1. The third kappa shape index (κ3) is 10.4. The number of hydrogen-bond acceptors (Lipinski definition) is 5. The van der Waals surface area contributed by atoms with Gasteiger partial charge >= 0.3 is 6.09 Å². The fourth-order valence-corrected chi connectivity index (χ4v) is 5.38. The quantitative estimate of drug-likeness (QED) is 0.169. The lowest BCUT2D eigenvalue weighted by molar-refractivity contribution is -0.141. The third-order valence-electron chi connectivity index (χ3n) is 7.34. The van der Waals surface area contributed by atoms with E-state index in [0.29, 0.717) is 17.7 Å². The lowest BCUT2D eigenvalue weighted by Crippen LogP contribution is -2.54. The number of aliphatic hydroxyl groups excluding tert-OH is 1. The van der Waals surface area contributed by atoms with Crippen LogP contribution in [0, 0.1) is 13.8 Å². The van der Waals surface area contributed by atoms with Crippen LogP contribution in [-0.4, -0.2) is 52.7 Å². The van der Waals surface area contributed by atoms with E-state index >= 15 is 0 Å². The van der Waals surface area contributed by atoms with Crippen molar-refractivity contribution in [1.82, 2.24) is 10.2 Å². The first-order chi connectivity index (χ1) is 20.9. The summed E-state index contributed by atoms with van der Waals surface area (Å²) in [6.45, 7) is 10.9. The van der Waals surface area contributed by atoms with Crippen molar-refractivity contribution in [2.24, 2.45) is 0 Å². The first kappa shape index (κ1) is 34.6. The minimum absolute atomic E-state index is 0.278. The largest absolute Gasteiger partial charge is 0.444 e. The molecule has 0 aliphatic rings. The minimum atomic E-state index is -1.29. The number of aryl methyl sites for hydroxylation is 2. The second-order valence-corrected chi connectivity index (χ2v) is 12.6. The van der Waals surface area contributed by atoms with E-state index in [1.54, 1.807) is 20.8 Å². The number of nitrogens with zero attached hydrogens (tertiary/aromatic N) is 1. The van der Waals surface area contributed by atoms with Crippen LogP contribution in [0.2, 0.25) is 0 Å². The third-order valence-corrected chi connectivity index (χ3v) is 7.34. The summed E-state index contributed by atoms with van der Waals surface area (Å²) in [6.07, 6.45) is 5.15. The number of anilines is 1. The first-order valence-electron chi connectivity index (χ1n) is 15.7. The van der Waals surface area contributed by atoms with Crippen LogP contribution in [-0.2, 0) is 14.3 Å². The fraction of sp³-hybridized carbons (Fsp3) is 0.472. The Morgan fingerprint density at radius 3 is 2.14 bits per heavy atom. The Bertz CT molecular complexity index is 1390. The predicted molar refractivity (Wildman–Crippen MR) is 177 cm³/mol. The van der Waals surface area contributed by atoms with Crippen LogP contribution in [0.5, 0.6) is 0 Å². The highest BCUT2D eigenvalue weighted by molar-refractivity contribution is 6.00. The van der Waals surface area contributed by atoms with Crippen molar-refractivity contribution in [2.75, 3.05) is 18.5 Å². The molecule has 3 aromatic rings. The minimum Gasteiger partial charge on any atom is -0.444 e. The number of alkyl carbamates (subject to hydrolysis) is 1. The molecule has 0 bridgehead atoms. The van der Waals surface area contributed by atoms with Crippen molar-refractivity contribution in [3.05, 3.63) is 77.4 Å². The molecule has 44 heavy (non-hydrogen) atoms. The lowest BCUT2D eigenvalue weighted by Gasteiger charge is -2.34. The van der Waals surface area contributed by atoms with Gasteiger partial charge in [0, 0.05) is 12.2 Å². The molecule has 8 nitrogen and oxygen atoms in total. The summed E-state index contributed by atoms with van der Waals surface area (Å²) in [5, 5.41) is 17.9. The summed E-state index contributed by atoms with van der Waals surface area (Å²) < 4.78 is 5.36. The fourth-order valence-electron chi connectivity index (χ4n) is 5.38. The second-order valence-electron chi connectivity index (χ2n) is 12.6. The van der Waals surface area contributed by atoms with E-state index in [0.717, 1.165) is 54.0 Å². The van der Waals surface area contributed by atoms with Gasteiger partial charge in [0.2, 0.25) is 5.91 Å². The monoisotopic (exact) mass is 603 g/mol. The Hall–Kier alpha value is -3.91. The van der Waals surface area contributed by atoms with Crippen molar-refractivity contribution >= 4 is 34.4 Å². The molecule has 0 aromatic heterocycles. The van der Waals surface area contributed by atoms with Gasteiger partial charge in [-0.15, -0.1) is 0 Å². The molecule has 3 N–H and O–H groups in total. The lowest BCUT2D eigenvalue weighted by atomic mass is 9.97. The maximum Gasteiger partial charge on any atom is 0.408 e. The number of carbonyl (C=O) groups is 3. The number of benzene rings is 3. The van der Waals surface area contributed by atoms with Crippen LogP contribution in [0.3, 0.4) is 0 Å². The van der Waals surface area contributed by atoms with E-state index in [4.69, 9.17) is 4.74 Å². The SMILES string of the molecule is CCCCCCCCN(C(=O)C(CO)NC(=O)OC(C)(C)C)C(C(=O)Nc1ccc2ccccc2c1)c1cc(C)cc(C)c1. The molecule has 0 heterocycles. The zero-order valence-electron chi connectivity index (χ0n) is 27.1. The molecule has 0 saturated carbocycles. The predicted octanol–water partition coefficient (Wildman–Crippen LogP) is 7.21. The summed E-state index contributed by atoms with van der Waals surface area (Å²) in [7, 11) is 0. The number of unbranched alkanes of at least 4 members (excludes halogenated alkanes) is 5. The van der Waals surface area contributed by atoms with Gasteiger partial charge in [-0.1, -0.05) is 98.7 Å². The van der Waals surface area contributed by atoms with E-state index in [-0.39, 0.29) is 12.5 Å². The zero-order chi connectivity index (χ0) is 32.3. The molecule has 0 saturated heterocycles. The van der Waals surface area contributed by atoms with Crippen LogP contribution >= 0.6 is 0 Å². The van der Waals surface area contributed by atoms with E-state index < -0.39 is 36.3 Å². The zero-order valence-corrected chi connectivity index (χ0v) is 27.1. The van der Waals surface area contributed by atoms with Crippen molar-refractivity contribution in [3.8, 4) is 0 Å². The van der Waals surface area contributed by atoms with Crippen molar-refractivity contribution in [3.63, 3.8) is 0 Å². The normalized spacial score (nSPS) is 12.8. The summed E-state index contributed by atoms with van der Waals surface area (Å²) in [5.74, 6) is -0.927. The van der Waals surface area contributed by atoms with E-state index in [1.165, 1.54) is 4.90 Å². The topological polar surface area (TPSA) is 108 Å². The highest BCUT2D eigenvalue weighted by Crippen LogP contribution is 2.28. The second kappa shape index (κ2) is 16.2. The van der Waals surface area contributed by atoms with Crippen LogP contribution < -0.4 is 10.6 Å². The van der Waals surface area contributed by atoms with Gasteiger partial charge in [-0.2, -0.15) is 0 Å². The highest BCUT2D eigenvalue weighted by atomic mass is 16.6. The molecule has 3 aromatic carbocycles. The van der Waals surface area contributed by atoms with Gasteiger partial charge in [0.1, 0.15) is 17.7 Å². The molecule has 0 aliphatic carbocycles. The smallest absolute Gasteiger partial charge is 0.408 e. The van der Waals surface area contributed by atoms with E-state index in [1.807, 2.05) is 74.5 Å². The average Bonchev–Trinajstić information content (AvgIpc) is 2.95. The number of rotatable bonds is 14. The molecule has 0 spiro atoms. The van der Waals surface area contributed by atoms with Gasteiger partial charge < -0.3 is 25.4 Å². The molecule has 2 atom stereocenters. The standard InChI is InChI=1S/C36H49N3O5/c1-7-8-9-10-11-14-19-39(34(42)31(24-40)38-35(43)44-36(4,5)6)32(29-21-25(2)20-26(3)22-29)33(41)37-30-18-17-27-15-12-13-16-28(27)23-30/h12-13,15-18,20-23,31-32,40H,7-11,14,19,24H2,1-6H3,(H,37,41)(H,38,43). The number of hydrogen-bond donors (Lipinski definition) is 3. The van der Waals surface area contributed by atoms with Gasteiger partial charge in [0.05, 0.1) is 6.61 Å². The number of fused-ring (bicyclic) bond motifs is 1. The highest BCUT2D eigenvalue weighted by Gasteiger charge is 2.36.